The highest BCUT2D eigenvalue weighted by atomic mass is 16.5. The number of allylic oxidation sites excluding steroid dienone is 1. The molecule has 0 radical (unpaired) electrons. The van der Waals surface area contributed by atoms with Gasteiger partial charge in [0.05, 0.1) is 12.2 Å². The Morgan fingerprint density at radius 2 is 2.05 bits per heavy atom. The number of aliphatic hydroxyl groups excluding tert-OH is 1. The van der Waals surface area contributed by atoms with Crippen molar-refractivity contribution in [3.8, 4) is 0 Å². The normalized spacial score (nSPS) is 11.3. The van der Waals surface area contributed by atoms with Gasteiger partial charge in [0.15, 0.2) is 0 Å². The number of amides is 2. The van der Waals surface area contributed by atoms with Crippen molar-refractivity contribution >= 4 is 24.0 Å². The second-order valence-corrected chi connectivity index (χ2v) is 3.54. The Kier molecular flexibility index (Phi) is 8.62. The highest BCUT2D eigenvalue weighted by Gasteiger charge is 2.14. The van der Waals surface area contributed by atoms with Crippen LogP contribution < -0.4 is 5.32 Å². The molecule has 0 aliphatic carbocycles. The van der Waals surface area contributed by atoms with E-state index in [1.807, 2.05) is 5.32 Å². The minimum atomic E-state index is -0.930. The van der Waals surface area contributed by atoms with Crippen molar-refractivity contribution in [1.82, 2.24) is 5.32 Å². The molecule has 10 heteroatoms. The van der Waals surface area contributed by atoms with Gasteiger partial charge in [-0.15, -0.1) is 0 Å². The third-order valence-electron chi connectivity index (χ3n) is 1.91. The van der Waals surface area contributed by atoms with Gasteiger partial charge in [-0.1, -0.05) is 5.11 Å². The molecule has 0 rings (SSSR count). The van der Waals surface area contributed by atoms with E-state index in [-0.39, 0.29) is 18.7 Å². The van der Waals surface area contributed by atoms with E-state index in [0.29, 0.717) is 0 Å². The van der Waals surface area contributed by atoms with Gasteiger partial charge in [-0.05, 0) is 19.4 Å². The maximum Gasteiger partial charge on any atom is 0.327 e. The van der Waals surface area contributed by atoms with Crippen LogP contribution in [0.25, 0.3) is 10.4 Å². The fourth-order valence-electron chi connectivity index (χ4n) is 1.06. The fraction of sp³-hybridized carbons (Fsp3) is 0.455. The second-order valence-electron chi connectivity index (χ2n) is 3.54. The van der Waals surface area contributed by atoms with E-state index >= 15 is 0 Å². The van der Waals surface area contributed by atoms with Gasteiger partial charge in [0.1, 0.15) is 18.8 Å². The number of hydrogen-bond acceptors (Lipinski definition) is 7. The summed E-state index contributed by atoms with van der Waals surface area (Å²) < 4.78 is 4.62. The zero-order valence-corrected chi connectivity index (χ0v) is 11.6. The lowest BCUT2D eigenvalue weighted by atomic mass is 10.2. The molecule has 0 aliphatic heterocycles. The quantitative estimate of drug-likeness (QED) is 0.132. The minimum Gasteiger partial charge on any atom is -0.512 e. The van der Waals surface area contributed by atoms with Crippen LogP contribution in [0.15, 0.2) is 21.4 Å². The van der Waals surface area contributed by atoms with E-state index < -0.39 is 30.1 Å². The first-order valence-corrected chi connectivity index (χ1v) is 5.82. The number of esters is 1. The predicted molar refractivity (Wildman–Crippen MR) is 72.5 cm³/mol. The van der Waals surface area contributed by atoms with E-state index in [4.69, 9.17) is 5.53 Å². The number of carbonyl (C=O) groups is 3. The average Bonchev–Trinajstić information content (AvgIpc) is 2.41. The Balaban J connectivity index is 4.70. The maximum absolute atomic E-state index is 11.7. The van der Waals surface area contributed by atoms with Crippen molar-refractivity contribution in [2.24, 2.45) is 10.1 Å². The first kappa shape index (κ1) is 18.1. The zero-order valence-electron chi connectivity index (χ0n) is 11.6. The molecule has 114 valence electrons. The summed E-state index contributed by atoms with van der Waals surface area (Å²) in [5.74, 6) is -2.75. The highest BCUT2D eigenvalue weighted by Crippen LogP contribution is 1.99. The number of imide groups is 1. The molecule has 0 saturated carbocycles. The Bertz CT molecular complexity index is 515. The van der Waals surface area contributed by atoms with Crippen molar-refractivity contribution < 1.29 is 24.2 Å². The molecule has 10 nitrogen and oxygen atoms in total. The first-order chi connectivity index (χ1) is 9.92. The van der Waals surface area contributed by atoms with Crippen LogP contribution in [0.5, 0.6) is 0 Å². The van der Waals surface area contributed by atoms with Gasteiger partial charge in [0.25, 0.3) is 5.91 Å². The van der Waals surface area contributed by atoms with Gasteiger partial charge in [-0.3, -0.25) is 24.7 Å². The number of aliphatic imine (C=N–C) groups is 1. The SMILES string of the molecule is CCOC(=O)CN=C/C(C(=O)NC(=O)CN=[N+]=[N-])=C(\C)O. The molecule has 0 unspecified atom stereocenters. The Labute approximate surface area is 120 Å². The van der Waals surface area contributed by atoms with Crippen LogP contribution in [0.1, 0.15) is 13.8 Å². The van der Waals surface area contributed by atoms with Crippen molar-refractivity contribution in [3.63, 3.8) is 0 Å². The Morgan fingerprint density at radius 1 is 1.38 bits per heavy atom. The Morgan fingerprint density at radius 3 is 2.57 bits per heavy atom. The number of carbonyl (C=O) groups excluding carboxylic acids is 3. The zero-order chi connectivity index (χ0) is 16.3. The third kappa shape index (κ3) is 8.01. The average molecular weight is 297 g/mol. The molecule has 0 bridgehead atoms. The largest absolute Gasteiger partial charge is 0.512 e. The number of nitrogens with one attached hydrogen (secondary N) is 1. The molecule has 0 fully saturated rings. The standard InChI is InChI=1S/C11H15N5O5/c1-3-21-10(19)6-13-4-8(7(2)17)11(20)15-9(18)5-14-16-12/h4,17H,3,5-6H2,1-2H3,(H,15,18,20)/b8-7-,13-4?. The molecule has 0 spiro atoms. The predicted octanol–water partition coefficient (Wildman–Crippen LogP) is 0.405. The van der Waals surface area contributed by atoms with Crippen LogP contribution in [0.4, 0.5) is 0 Å². The molecule has 0 saturated heterocycles. The highest BCUT2D eigenvalue weighted by molar-refractivity contribution is 6.17. The van der Waals surface area contributed by atoms with E-state index in [1.165, 1.54) is 6.92 Å². The van der Waals surface area contributed by atoms with E-state index in [1.54, 1.807) is 6.92 Å². The van der Waals surface area contributed by atoms with Crippen LogP contribution in [0, 0.1) is 0 Å². The van der Waals surface area contributed by atoms with Crippen LogP contribution in [-0.2, 0) is 19.1 Å². The van der Waals surface area contributed by atoms with Crippen molar-refractivity contribution in [2.45, 2.75) is 13.8 Å². The molecular weight excluding hydrogens is 282 g/mol. The van der Waals surface area contributed by atoms with Crippen LogP contribution in [0.3, 0.4) is 0 Å². The summed E-state index contributed by atoms with van der Waals surface area (Å²) in [5, 5.41) is 14.2. The summed E-state index contributed by atoms with van der Waals surface area (Å²) in [6, 6.07) is 0. The van der Waals surface area contributed by atoms with Gasteiger partial charge in [0, 0.05) is 11.1 Å². The van der Waals surface area contributed by atoms with E-state index in [0.717, 1.165) is 6.21 Å². The summed E-state index contributed by atoms with van der Waals surface area (Å²) in [5.41, 5.74) is 7.74. The molecule has 2 N–H and O–H groups in total. The monoisotopic (exact) mass is 297 g/mol. The number of ether oxygens (including phenoxy) is 1. The van der Waals surface area contributed by atoms with Crippen LogP contribution >= 0.6 is 0 Å². The minimum absolute atomic E-state index is 0.199. The van der Waals surface area contributed by atoms with Gasteiger partial charge in [-0.2, -0.15) is 0 Å². The van der Waals surface area contributed by atoms with Gasteiger partial charge in [-0.25, -0.2) is 0 Å². The molecule has 0 aromatic rings. The smallest absolute Gasteiger partial charge is 0.327 e. The number of aliphatic hydroxyl groups is 1. The number of rotatable bonds is 7. The summed E-state index contributed by atoms with van der Waals surface area (Å²) >= 11 is 0. The molecular formula is C11H15N5O5. The number of azide groups is 1. The maximum atomic E-state index is 11.7. The molecule has 0 atom stereocenters. The van der Waals surface area contributed by atoms with Crippen molar-refractivity contribution in [1.29, 1.82) is 0 Å². The lowest BCUT2D eigenvalue weighted by Crippen LogP contribution is -2.34. The summed E-state index contributed by atoms with van der Waals surface area (Å²) in [6.45, 7) is 2.16. The molecule has 2 amide bonds. The molecule has 0 aliphatic rings. The van der Waals surface area contributed by atoms with E-state index in [2.05, 4.69) is 19.8 Å². The Hall–Kier alpha value is -2.87. The molecule has 0 heterocycles. The van der Waals surface area contributed by atoms with Crippen molar-refractivity contribution in [2.75, 3.05) is 19.7 Å². The number of nitrogens with zero attached hydrogens (tertiary/aromatic N) is 4. The summed E-state index contributed by atoms with van der Waals surface area (Å²) in [6.07, 6.45) is 0.947. The van der Waals surface area contributed by atoms with Crippen LogP contribution in [0.2, 0.25) is 0 Å². The molecule has 0 aromatic carbocycles. The summed E-state index contributed by atoms with van der Waals surface area (Å²) in [4.78, 5) is 39.9. The second kappa shape index (κ2) is 9.98. The summed E-state index contributed by atoms with van der Waals surface area (Å²) in [7, 11) is 0. The number of hydrogen-bond donors (Lipinski definition) is 2. The lowest BCUT2D eigenvalue weighted by molar-refractivity contribution is -0.141. The van der Waals surface area contributed by atoms with Gasteiger partial charge < -0.3 is 9.84 Å². The third-order valence-corrected chi connectivity index (χ3v) is 1.91. The fourth-order valence-corrected chi connectivity index (χ4v) is 1.06. The lowest BCUT2D eigenvalue weighted by Gasteiger charge is -2.04. The van der Waals surface area contributed by atoms with Gasteiger partial charge >= 0.3 is 5.97 Å². The topological polar surface area (TPSA) is 154 Å². The molecule has 0 aromatic heterocycles. The van der Waals surface area contributed by atoms with Crippen LogP contribution in [-0.4, -0.2) is 48.8 Å². The molecule has 21 heavy (non-hydrogen) atoms. The van der Waals surface area contributed by atoms with E-state index in [9.17, 15) is 19.5 Å². The first-order valence-electron chi connectivity index (χ1n) is 5.82. The van der Waals surface area contributed by atoms with Crippen molar-refractivity contribution in [3.05, 3.63) is 21.8 Å². The van der Waals surface area contributed by atoms with Gasteiger partial charge in [0.2, 0.25) is 5.91 Å².